The van der Waals surface area contributed by atoms with Crippen LogP contribution < -0.4 is 0 Å². The SMILES string of the molecule is C=CC(=O)OCC[C@H](O)CC. The third kappa shape index (κ3) is 5.61. The molecule has 1 N–H and O–H groups in total. The van der Waals surface area contributed by atoms with Crippen molar-refractivity contribution in [2.75, 3.05) is 6.61 Å². The van der Waals surface area contributed by atoms with Gasteiger partial charge in [0.05, 0.1) is 12.7 Å². The molecule has 64 valence electrons. The number of carbonyl (C=O) groups is 1. The number of aliphatic hydroxyl groups excluding tert-OH is 1. The molecule has 1 atom stereocenters. The van der Waals surface area contributed by atoms with Crippen LogP contribution in [-0.2, 0) is 9.53 Å². The van der Waals surface area contributed by atoms with Gasteiger partial charge in [0.15, 0.2) is 0 Å². The highest BCUT2D eigenvalue weighted by molar-refractivity contribution is 5.81. The van der Waals surface area contributed by atoms with Gasteiger partial charge in [-0.05, 0) is 6.42 Å². The first-order chi connectivity index (χ1) is 5.20. The summed E-state index contributed by atoms with van der Waals surface area (Å²) in [5, 5.41) is 9.03. The molecule has 0 bridgehead atoms. The molecule has 0 radical (unpaired) electrons. The molecule has 0 spiro atoms. The summed E-state index contributed by atoms with van der Waals surface area (Å²) in [6.07, 6.45) is 1.92. The molecule has 3 heteroatoms. The zero-order chi connectivity index (χ0) is 8.69. The van der Waals surface area contributed by atoms with E-state index in [2.05, 4.69) is 11.3 Å². The van der Waals surface area contributed by atoms with Crippen molar-refractivity contribution in [2.24, 2.45) is 0 Å². The first-order valence-corrected chi connectivity index (χ1v) is 3.68. The monoisotopic (exact) mass is 158 g/mol. The van der Waals surface area contributed by atoms with Crippen molar-refractivity contribution < 1.29 is 14.6 Å². The van der Waals surface area contributed by atoms with Crippen molar-refractivity contribution in [3.05, 3.63) is 12.7 Å². The summed E-state index contributed by atoms with van der Waals surface area (Å²) in [5.74, 6) is -0.437. The van der Waals surface area contributed by atoms with Gasteiger partial charge >= 0.3 is 5.97 Å². The smallest absolute Gasteiger partial charge is 0.330 e. The fraction of sp³-hybridized carbons (Fsp3) is 0.625. The van der Waals surface area contributed by atoms with Crippen LogP contribution in [0.5, 0.6) is 0 Å². The molecule has 0 aliphatic carbocycles. The maximum atomic E-state index is 10.5. The average Bonchev–Trinajstić information content (AvgIpc) is 2.04. The van der Waals surface area contributed by atoms with Gasteiger partial charge in [-0.3, -0.25) is 0 Å². The van der Waals surface area contributed by atoms with Crippen molar-refractivity contribution in [2.45, 2.75) is 25.9 Å². The quantitative estimate of drug-likeness (QED) is 0.477. The third-order valence-electron chi connectivity index (χ3n) is 1.33. The van der Waals surface area contributed by atoms with E-state index < -0.39 is 5.97 Å². The van der Waals surface area contributed by atoms with E-state index in [-0.39, 0.29) is 12.7 Å². The van der Waals surface area contributed by atoms with Crippen LogP contribution in [0.2, 0.25) is 0 Å². The maximum absolute atomic E-state index is 10.5. The molecule has 0 aliphatic rings. The fourth-order valence-corrected chi connectivity index (χ4v) is 0.559. The van der Waals surface area contributed by atoms with E-state index in [1.165, 1.54) is 0 Å². The summed E-state index contributed by atoms with van der Waals surface area (Å²) in [5.41, 5.74) is 0. The lowest BCUT2D eigenvalue weighted by Crippen LogP contribution is -2.11. The predicted molar refractivity (Wildman–Crippen MR) is 42.1 cm³/mol. The van der Waals surface area contributed by atoms with E-state index in [1.807, 2.05) is 6.92 Å². The van der Waals surface area contributed by atoms with Crippen LogP contribution in [0.25, 0.3) is 0 Å². The summed E-state index contributed by atoms with van der Waals surface area (Å²) in [6, 6.07) is 0. The number of rotatable bonds is 5. The second-order valence-corrected chi connectivity index (χ2v) is 2.22. The van der Waals surface area contributed by atoms with Gasteiger partial charge in [0.25, 0.3) is 0 Å². The molecule has 0 aliphatic heterocycles. The van der Waals surface area contributed by atoms with Crippen molar-refractivity contribution in [3.63, 3.8) is 0 Å². The van der Waals surface area contributed by atoms with E-state index in [0.29, 0.717) is 12.8 Å². The highest BCUT2D eigenvalue weighted by Crippen LogP contribution is 1.96. The van der Waals surface area contributed by atoms with Crippen molar-refractivity contribution in [1.29, 1.82) is 0 Å². The Bertz CT molecular complexity index is 131. The Morgan fingerprint density at radius 2 is 2.45 bits per heavy atom. The van der Waals surface area contributed by atoms with Gasteiger partial charge in [-0.25, -0.2) is 4.79 Å². The number of hydrogen-bond acceptors (Lipinski definition) is 3. The molecule has 0 saturated heterocycles. The summed E-state index contributed by atoms with van der Waals surface area (Å²) in [4.78, 5) is 10.5. The van der Waals surface area contributed by atoms with Crippen LogP contribution in [0.1, 0.15) is 19.8 Å². The number of aliphatic hydroxyl groups is 1. The molecule has 0 aromatic carbocycles. The Labute approximate surface area is 66.7 Å². The number of esters is 1. The van der Waals surface area contributed by atoms with Gasteiger partial charge in [0, 0.05) is 12.5 Å². The summed E-state index contributed by atoms with van der Waals surface area (Å²) < 4.78 is 4.65. The molecule has 0 rings (SSSR count). The van der Waals surface area contributed by atoms with E-state index in [4.69, 9.17) is 5.11 Å². The lowest BCUT2D eigenvalue weighted by Gasteiger charge is -2.06. The van der Waals surface area contributed by atoms with Gasteiger partial charge < -0.3 is 9.84 Å². The molecule has 0 aromatic heterocycles. The Kier molecular flexibility index (Phi) is 5.47. The average molecular weight is 158 g/mol. The number of hydrogen-bond donors (Lipinski definition) is 1. The molecule has 3 nitrogen and oxygen atoms in total. The van der Waals surface area contributed by atoms with Crippen LogP contribution in [0, 0.1) is 0 Å². The van der Waals surface area contributed by atoms with Crippen molar-refractivity contribution in [3.8, 4) is 0 Å². The molecule has 0 amide bonds. The minimum Gasteiger partial charge on any atom is -0.462 e. The fourth-order valence-electron chi connectivity index (χ4n) is 0.559. The highest BCUT2D eigenvalue weighted by Gasteiger charge is 2.01. The molecular formula is C8H14O3. The Morgan fingerprint density at radius 1 is 1.82 bits per heavy atom. The van der Waals surface area contributed by atoms with Gasteiger partial charge in [-0.2, -0.15) is 0 Å². The Balaban J connectivity index is 3.26. The van der Waals surface area contributed by atoms with Crippen LogP contribution in [0.15, 0.2) is 12.7 Å². The summed E-state index contributed by atoms with van der Waals surface area (Å²) in [7, 11) is 0. The van der Waals surface area contributed by atoms with Gasteiger partial charge in [-0.1, -0.05) is 13.5 Å². The van der Waals surface area contributed by atoms with Crippen LogP contribution in [-0.4, -0.2) is 23.8 Å². The number of carbonyl (C=O) groups excluding carboxylic acids is 1. The zero-order valence-corrected chi connectivity index (χ0v) is 6.75. The second kappa shape index (κ2) is 5.92. The van der Waals surface area contributed by atoms with Crippen LogP contribution in [0.3, 0.4) is 0 Å². The number of ether oxygens (including phenoxy) is 1. The van der Waals surface area contributed by atoms with E-state index >= 15 is 0 Å². The summed E-state index contributed by atoms with van der Waals surface area (Å²) in [6.45, 7) is 5.38. The summed E-state index contributed by atoms with van der Waals surface area (Å²) >= 11 is 0. The molecule has 0 aromatic rings. The van der Waals surface area contributed by atoms with Crippen LogP contribution in [0.4, 0.5) is 0 Å². The largest absolute Gasteiger partial charge is 0.462 e. The second-order valence-electron chi connectivity index (χ2n) is 2.22. The van der Waals surface area contributed by atoms with E-state index in [0.717, 1.165) is 6.08 Å². The van der Waals surface area contributed by atoms with Gasteiger partial charge in [-0.15, -0.1) is 0 Å². The topological polar surface area (TPSA) is 46.5 Å². The molecule has 0 heterocycles. The highest BCUT2D eigenvalue weighted by atomic mass is 16.5. The Morgan fingerprint density at radius 3 is 2.91 bits per heavy atom. The molecule has 0 unspecified atom stereocenters. The Hall–Kier alpha value is -0.830. The zero-order valence-electron chi connectivity index (χ0n) is 6.75. The standard InChI is InChI=1S/C8H14O3/c1-3-7(9)5-6-11-8(10)4-2/h4,7,9H,2-3,5-6H2,1H3/t7-/m1/s1. The normalized spacial score (nSPS) is 12.2. The van der Waals surface area contributed by atoms with E-state index in [1.54, 1.807) is 0 Å². The predicted octanol–water partition coefficient (Wildman–Crippen LogP) is 0.877. The molecule has 11 heavy (non-hydrogen) atoms. The molecule has 0 saturated carbocycles. The van der Waals surface area contributed by atoms with Gasteiger partial charge in [0.1, 0.15) is 0 Å². The first-order valence-electron chi connectivity index (χ1n) is 3.68. The van der Waals surface area contributed by atoms with Crippen LogP contribution >= 0.6 is 0 Å². The lowest BCUT2D eigenvalue weighted by atomic mass is 10.2. The van der Waals surface area contributed by atoms with Gasteiger partial charge in [0.2, 0.25) is 0 Å². The minimum atomic E-state index is -0.437. The van der Waals surface area contributed by atoms with Crippen molar-refractivity contribution >= 4 is 5.97 Å². The minimum absolute atomic E-state index is 0.264. The maximum Gasteiger partial charge on any atom is 0.330 e. The third-order valence-corrected chi connectivity index (χ3v) is 1.33. The lowest BCUT2D eigenvalue weighted by molar-refractivity contribution is -0.138. The molecular weight excluding hydrogens is 144 g/mol. The van der Waals surface area contributed by atoms with Crippen molar-refractivity contribution in [1.82, 2.24) is 0 Å². The van der Waals surface area contributed by atoms with E-state index in [9.17, 15) is 4.79 Å². The molecule has 0 fully saturated rings. The first kappa shape index (κ1) is 10.2.